The van der Waals surface area contributed by atoms with E-state index in [-0.39, 0.29) is 12.2 Å². The van der Waals surface area contributed by atoms with Crippen molar-refractivity contribution in [2.75, 3.05) is 13.6 Å². The molecule has 0 aromatic carbocycles. The monoisotopic (exact) mass is 238 g/mol. The first-order valence-corrected chi connectivity index (χ1v) is 5.60. The van der Waals surface area contributed by atoms with Crippen LogP contribution in [-0.4, -0.2) is 38.5 Å². The maximum Gasteiger partial charge on any atom is 0.345 e. The Morgan fingerprint density at radius 2 is 1.75 bits per heavy atom. The topological polar surface area (TPSA) is 32.6 Å². The van der Waals surface area contributed by atoms with Crippen molar-refractivity contribution in [2.24, 2.45) is 0 Å². The highest BCUT2D eigenvalue weighted by Crippen LogP contribution is 2.15. The third-order valence-corrected chi connectivity index (χ3v) is 2.07. The molecular formula is C11H22F2NO2-. The fourth-order valence-electron chi connectivity index (χ4n) is 1.55. The summed E-state index contributed by atoms with van der Waals surface area (Å²) in [5.41, 5.74) is 0. The summed E-state index contributed by atoms with van der Waals surface area (Å²) in [5.74, 6) is 0. The van der Waals surface area contributed by atoms with Gasteiger partial charge in [-0.1, -0.05) is 0 Å². The molecule has 0 fully saturated rings. The molecule has 0 aromatic heterocycles. The van der Waals surface area contributed by atoms with Crippen LogP contribution in [0.25, 0.3) is 5.32 Å². The third kappa shape index (κ3) is 9.00. The lowest BCUT2D eigenvalue weighted by Gasteiger charge is -2.24. The predicted molar refractivity (Wildman–Crippen MR) is 59.9 cm³/mol. The zero-order valence-electron chi connectivity index (χ0n) is 10.5. The standard InChI is InChI=1S/C11H22F2NO2/c1-8(2)15-9(3)7-10(5-6-14-4)16-11(12)13/h8-11H,5-7H2,1-4H3/q-1/t9-,10-/m0/s1. The van der Waals surface area contributed by atoms with Gasteiger partial charge in [0.25, 0.3) is 0 Å². The molecule has 16 heavy (non-hydrogen) atoms. The second-order valence-electron chi connectivity index (χ2n) is 4.08. The Kier molecular flexibility index (Phi) is 8.70. The van der Waals surface area contributed by atoms with Gasteiger partial charge in [-0.2, -0.15) is 15.8 Å². The molecule has 0 unspecified atom stereocenters. The lowest BCUT2D eigenvalue weighted by Crippen LogP contribution is -2.25. The van der Waals surface area contributed by atoms with E-state index in [1.54, 1.807) is 7.05 Å². The fraction of sp³-hybridized carbons (Fsp3) is 1.00. The molecular weight excluding hydrogens is 216 g/mol. The van der Waals surface area contributed by atoms with E-state index in [0.29, 0.717) is 19.4 Å². The van der Waals surface area contributed by atoms with Crippen molar-refractivity contribution in [3.8, 4) is 0 Å². The number of ether oxygens (including phenoxy) is 2. The van der Waals surface area contributed by atoms with E-state index in [0.717, 1.165) is 0 Å². The van der Waals surface area contributed by atoms with Crippen molar-refractivity contribution in [3.05, 3.63) is 5.32 Å². The van der Waals surface area contributed by atoms with Crippen LogP contribution in [0.1, 0.15) is 33.6 Å². The second-order valence-corrected chi connectivity index (χ2v) is 4.08. The van der Waals surface area contributed by atoms with Crippen LogP contribution in [-0.2, 0) is 9.47 Å². The van der Waals surface area contributed by atoms with Gasteiger partial charge in [-0.25, -0.2) is 0 Å². The number of nitrogens with zero attached hydrogens (tertiary/aromatic N) is 1. The first-order chi connectivity index (χ1) is 7.45. The summed E-state index contributed by atoms with van der Waals surface area (Å²) in [7, 11) is 1.66. The maximum atomic E-state index is 12.1. The average molecular weight is 238 g/mol. The van der Waals surface area contributed by atoms with E-state index in [1.807, 2.05) is 20.8 Å². The van der Waals surface area contributed by atoms with Crippen molar-refractivity contribution in [1.82, 2.24) is 0 Å². The zero-order valence-corrected chi connectivity index (χ0v) is 10.5. The summed E-state index contributed by atoms with van der Waals surface area (Å²) in [4.78, 5) is 0. The van der Waals surface area contributed by atoms with Crippen LogP contribution < -0.4 is 0 Å². The Labute approximate surface area is 96.5 Å². The van der Waals surface area contributed by atoms with Crippen molar-refractivity contribution in [2.45, 2.75) is 58.5 Å². The highest BCUT2D eigenvalue weighted by atomic mass is 19.3. The third-order valence-electron chi connectivity index (χ3n) is 2.07. The summed E-state index contributed by atoms with van der Waals surface area (Å²) in [6.45, 7) is 3.51. The number of halogens is 2. The summed E-state index contributed by atoms with van der Waals surface area (Å²) in [6, 6.07) is 0. The van der Waals surface area contributed by atoms with Crippen LogP contribution >= 0.6 is 0 Å². The van der Waals surface area contributed by atoms with E-state index in [1.165, 1.54) is 0 Å². The van der Waals surface area contributed by atoms with Crippen molar-refractivity contribution < 1.29 is 18.3 Å². The second kappa shape index (κ2) is 8.84. The average Bonchev–Trinajstić information content (AvgIpc) is 2.11. The Morgan fingerprint density at radius 3 is 2.19 bits per heavy atom. The molecule has 0 saturated carbocycles. The van der Waals surface area contributed by atoms with E-state index >= 15 is 0 Å². The highest BCUT2D eigenvalue weighted by Gasteiger charge is 2.17. The number of hydrogen-bond donors (Lipinski definition) is 0. The van der Waals surface area contributed by atoms with Gasteiger partial charge >= 0.3 is 6.61 Å². The Morgan fingerprint density at radius 1 is 1.12 bits per heavy atom. The molecule has 2 atom stereocenters. The SMILES string of the molecule is C[N-]CC[C@@H](C[C@H](C)OC(C)C)OC(F)F. The molecule has 0 aliphatic rings. The quantitative estimate of drug-likeness (QED) is 0.618. The van der Waals surface area contributed by atoms with Crippen LogP contribution in [0.3, 0.4) is 0 Å². The molecule has 0 aromatic rings. The van der Waals surface area contributed by atoms with Gasteiger partial charge in [0.05, 0.1) is 18.3 Å². The highest BCUT2D eigenvalue weighted by molar-refractivity contribution is 4.74. The van der Waals surface area contributed by atoms with Gasteiger partial charge in [-0.3, -0.25) is 0 Å². The van der Waals surface area contributed by atoms with Gasteiger partial charge in [0.15, 0.2) is 0 Å². The normalized spacial score (nSPS) is 15.8. The van der Waals surface area contributed by atoms with E-state index in [9.17, 15) is 8.78 Å². The lowest BCUT2D eigenvalue weighted by molar-refractivity contribution is -0.172. The molecule has 0 aliphatic carbocycles. The molecule has 0 N–H and O–H groups in total. The van der Waals surface area contributed by atoms with Crippen LogP contribution in [0, 0.1) is 0 Å². The molecule has 0 spiro atoms. The van der Waals surface area contributed by atoms with Gasteiger partial charge < -0.3 is 14.8 Å². The predicted octanol–water partition coefficient (Wildman–Crippen LogP) is 3.19. The largest absolute Gasteiger partial charge is 0.665 e. The lowest BCUT2D eigenvalue weighted by atomic mass is 10.1. The zero-order chi connectivity index (χ0) is 12.6. The number of alkyl halides is 2. The number of hydrogen-bond acceptors (Lipinski definition) is 2. The first-order valence-electron chi connectivity index (χ1n) is 5.60. The summed E-state index contributed by atoms with van der Waals surface area (Å²) in [5, 5.41) is 3.89. The van der Waals surface area contributed by atoms with Gasteiger partial charge in [0, 0.05) is 0 Å². The Hall–Kier alpha value is -0.260. The summed E-state index contributed by atoms with van der Waals surface area (Å²) in [6.07, 6.45) is 0.501. The molecule has 0 radical (unpaired) electrons. The molecule has 0 bridgehead atoms. The van der Waals surface area contributed by atoms with Gasteiger partial charge in [-0.15, -0.1) is 6.54 Å². The minimum atomic E-state index is -2.73. The van der Waals surface area contributed by atoms with Gasteiger partial charge in [-0.05, 0) is 33.6 Å². The molecule has 5 heteroatoms. The molecule has 3 nitrogen and oxygen atoms in total. The summed E-state index contributed by atoms with van der Waals surface area (Å²) < 4.78 is 34.3. The molecule has 0 saturated heterocycles. The van der Waals surface area contributed by atoms with Crippen molar-refractivity contribution >= 4 is 0 Å². The van der Waals surface area contributed by atoms with Crippen molar-refractivity contribution in [3.63, 3.8) is 0 Å². The smallest absolute Gasteiger partial charge is 0.345 e. The molecule has 98 valence electrons. The fourth-order valence-corrected chi connectivity index (χ4v) is 1.55. The maximum absolute atomic E-state index is 12.1. The summed E-state index contributed by atoms with van der Waals surface area (Å²) >= 11 is 0. The number of rotatable bonds is 9. The van der Waals surface area contributed by atoms with Crippen LogP contribution in [0.15, 0.2) is 0 Å². The van der Waals surface area contributed by atoms with Crippen molar-refractivity contribution in [1.29, 1.82) is 0 Å². The molecule has 0 heterocycles. The first kappa shape index (κ1) is 15.7. The van der Waals surface area contributed by atoms with Gasteiger partial charge in [0.2, 0.25) is 0 Å². The Bertz CT molecular complexity index is 168. The Balaban J connectivity index is 3.97. The van der Waals surface area contributed by atoms with Crippen LogP contribution in [0.2, 0.25) is 0 Å². The molecule has 0 amide bonds. The van der Waals surface area contributed by atoms with Crippen LogP contribution in [0.4, 0.5) is 8.78 Å². The van der Waals surface area contributed by atoms with Gasteiger partial charge in [0.1, 0.15) is 0 Å². The van der Waals surface area contributed by atoms with E-state index in [4.69, 9.17) is 4.74 Å². The van der Waals surface area contributed by atoms with E-state index in [2.05, 4.69) is 10.1 Å². The van der Waals surface area contributed by atoms with E-state index < -0.39 is 12.7 Å². The minimum absolute atomic E-state index is 0.0828. The molecule has 0 aliphatic heterocycles. The van der Waals surface area contributed by atoms with Crippen LogP contribution in [0.5, 0.6) is 0 Å². The minimum Gasteiger partial charge on any atom is -0.665 e. The molecule has 0 rings (SSSR count).